The highest BCUT2D eigenvalue weighted by Crippen LogP contribution is 2.33. The lowest BCUT2D eigenvalue weighted by Crippen LogP contribution is -2.26. The Labute approximate surface area is 135 Å². The molecule has 1 aromatic carbocycles. The molecule has 1 amide bonds. The molecule has 3 nitrogen and oxygen atoms in total. The van der Waals surface area contributed by atoms with Crippen LogP contribution in [0.5, 0.6) is 0 Å². The summed E-state index contributed by atoms with van der Waals surface area (Å²) in [6.45, 7) is 4.86. The van der Waals surface area contributed by atoms with Crippen molar-refractivity contribution in [1.82, 2.24) is 4.98 Å². The molecule has 4 heteroatoms. The first-order chi connectivity index (χ1) is 10.9. The molecule has 1 aromatic heterocycles. The van der Waals surface area contributed by atoms with Crippen LogP contribution < -0.4 is 4.90 Å². The summed E-state index contributed by atoms with van der Waals surface area (Å²) < 4.78 is 13.1. The summed E-state index contributed by atoms with van der Waals surface area (Å²) in [5.74, 6) is 5.59. The Morgan fingerprint density at radius 2 is 2.04 bits per heavy atom. The molecule has 1 fully saturated rings. The number of aromatic nitrogens is 1. The van der Waals surface area contributed by atoms with Gasteiger partial charge in [-0.3, -0.25) is 4.79 Å². The number of hydrogen-bond donors (Lipinski definition) is 0. The van der Waals surface area contributed by atoms with Crippen molar-refractivity contribution in [1.29, 1.82) is 0 Å². The van der Waals surface area contributed by atoms with Gasteiger partial charge in [-0.05, 0) is 41.7 Å². The van der Waals surface area contributed by atoms with E-state index < -0.39 is 0 Å². The van der Waals surface area contributed by atoms with E-state index >= 15 is 0 Å². The molecule has 1 aliphatic heterocycles. The lowest BCUT2D eigenvalue weighted by atomic mass is 9.93. The fourth-order valence-electron chi connectivity index (χ4n) is 2.63. The third kappa shape index (κ3) is 3.57. The first kappa shape index (κ1) is 15.2. The first-order valence-corrected chi connectivity index (χ1v) is 7.47. The maximum Gasteiger partial charge on any atom is 0.227 e. The number of carbonyl (C=O) groups excluding carboxylic acids is 1. The largest absolute Gasteiger partial charge is 0.310 e. The maximum atomic E-state index is 13.1. The van der Waals surface area contributed by atoms with Crippen LogP contribution in [0.15, 0.2) is 42.6 Å². The van der Waals surface area contributed by atoms with Crippen molar-refractivity contribution in [2.75, 3.05) is 11.4 Å². The number of anilines is 1. The van der Waals surface area contributed by atoms with Gasteiger partial charge in [0.15, 0.2) is 0 Å². The van der Waals surface area contributed by atoms with Crippen molar-refractivity contribution in [2.24, 2.45) is 5.41 Å². The van der Waals surface area contributed by atoms with Crippen molar-refractivity contribution in [3.8, 4) is 11.8 Å². The Hall–Kier alpha value is -2.67. The van der Waals surface area contributed by atoms with Crippen LogP contribution in [0.3, 0.4) is 0 Å². The molecule has 0 N–H and O–H groups in total. The quantitative estimate of drug-likeness (QED) is 0.757. The summed E-state index contributed by atoms with van der Waals surface area (Å²) in [6, 6.07) is 9.76. The van der Waals surface area contributed by atoms with Gasteiger partial charge in [0.2, 0.25) is 5.91 Å². The Bertz CT molecular complexity index is 800. The fraction of sp³-hybridized carbons (Fsp3) is 0.263. The van der Waals surface area contributed by atoms with E-state index in [-0.39, 0.29) is 17.1 Å². The number of pyridine rings is 1. The topological polar surface area (TPSA) is 33.2 Å². The van der Waals surface area contributed by atoms with E-state index in [0.717, 1.165) is 5.69 Å². The molecule has 0 unspecified atom stereocenters. The number of halogens is 1. The number of carbonyl (C=O) groups is 1. The predicted molar refractivity (Wildman–Crippen MR) is 87.4 cm³/mol. The second kappa shape index (κ2) is 5.85. The normalized spacial score (nSPS) is 16.1. The lowest BCUT2D eigenvalue weighted by molar-refractivity contribution is -0.117. The zero-order chi connectivity index (χ0) is 16.4. The third-order valence-electron chi connectivity index (χ3n) is 3.74. The lowest BCUT2D eigenvalue weighted by Gasteiger charge is -2.19. The fourth-order valence-corrected chi connectivity index (χ4v) is 2.63. The van der Waals surface area contributed by atoms with E-state index in [1.807, 2.05) is 6.07 Å². The number of rotatable bonds is 1. The molecule has 23 heavy (non-hydrogen) atoms. The minimum Gasteiger partial charge on any atom is -0.310 e. The van der Waals surface area contributed by atoms with Gasteiger partial charge >= 0.3 is 0 Å². The number of hydrogen-bond acceptors (Lipinski definition) is 2. The highest BCUT2D eigenvalue weighted by molar-refractivity contribution is 5.96. The molecule has 0 saturated carbocycles. The van der Waals surface area contributed by atoms with Crippen LogP contribution in [0.1, 0.15) is 31.5 Å². The average Bonchev–Trinajstić information content (AvgIpc) is 2.79. The molecule has 2 aromatic rings. The molecule has 0 radical (unpaired) electrons. The van der Waals surface area contributed by atoms with Crippen LogP contribution in [0.25, 0.3) is 0 Å². The Kier molecular flexibility index (Phi) is 3.87. The second-order valence-corrected chi connectivity index (χ2v) is 6.48. The minimum absolute atomic E-state index is 0.00700. The Morgan fingerprint density at radius 1 is 1.22 bits per heavy atom. The molecule has 1 saturated heterocycles. The van der Waals surface area contributed by atoms with Crippen molar-refractivity contribution >= 4 is 11.6 Å². The summed E-state index contributed by atoms with van der Waals surface area (Å²) in [4.78, 5) is 18.1. The summed E-state index contributed by atoms with van der Waals surface area (Å²) in [5.41, 5.74) is 1.97. The molecule has 1 aliphatic rings. The van der Waals surface area contributed by atoms with Gasteiger partial charge in [-0.2, -0.15) is 0 Å². The molecule has 3 rings (SSSR count). The zero-order valence-electron chi connectivity index (χ0n) is 13.1. The van der Waals surface area contributed by atoms with E-state index in [2.05, 4.69) is 30.7 Å². The van der Waals surface area contributed by atoms with Crippen molar-refractivity contribution in [3.05, 3.63) is 59.7 Å². The van der Waals surface area contributed by atoms with Crippen LogP contribution >= 0.6 is 0 Å². The van der Waals surface area contributed by atoms with Gasteiger partial charge < -0.3 is 4.90 Å². The highest BCUT2D eigenvalue weighted by atomic mass is 19.1. The summed E-state index contributed by atoms with van der Waals surface area (Å²) >= 11 is 0. The molecule has 0 spiro atoms. The molecule has 0 bridgehead atoms. The van der Waals surface area contributed by atoms with E-state index in [0.29, 0.717) is 24.2 Å². The molecular formula is C19H17FN2O. The van der Waals surface area contributed by atoms with Crippen molar-refractivity contribution in [2.45, 2.75) is 20.3 Å². The monoisotopic (exact) mass is 308 g/mol. The summed E-state index contributed by atoms with van der Waals surface area (Å²) in [7, 11) is 0. The first-order valence-electron chi connectivity index (χ1n) is 7.47. The Morgan fingerprint density at radius 3 is 2.65 bits per heavy atom. The SMILES string of the molecule is CC1(C)CC(=O)N(c2ccc(C#Cc3cccc(F)c3)nc2)C1. The summed E-state index contributed by atoms with van der Waals surface area (Å²) in [6.07, 6.45) is 2.21. The molecule has 116 valence electrons. The highest BCUT2D eigenvalue weighted by Gasteiger charge is 2.36. The predicted octanol–water partition coefficient (Wildman–Crippen LogP) is 3.38. The van der Waals surface area contributed by atoms with Crippen LogP contribution in [0, 0.1) is 23.1 Å². The summed E-state index contributed by atoms with van der Waals surface area (Å²) in [5, 5.41) is 0. The van der Waals surface area contributed by atoms with Crippen LogP contribution in [-0.4, -0.2) is 17.4 Å². The van der Waals surface area contributed by atoms with E-state index in [1.165, 1.54) is 12.1 Å². The smallest absolute Gasteiger partial charge is 0.227 e. The Balaban J connectivity index is 1.77. The van der Waals surface area contributed by atoms with E-state index in [1.54, 1.807) is 29.3 Å². The number of amides is 1. The van der Waals surface area contributed by atoms with Gasteiger partial charge in [0.25, 0.3) is 0 Å². The zero-order valence-corrected chi connectivity index (χ0v) is 13.1. The van der Waals surface area contributed by atoms with Gasteiger partial charge in [0.1, 0.15) is 11.5 Å². The molecule has 0 atom stereocenters. The van der Waals surface area contributed by atoms with Gasteiger partial charge in [-0.1, -0.05) is 25.8 Å². The van der Waals surface area contributed by atoms with Gasteiger partial charge in [0.05, 0.1) is 11.9 Å². The molecular weight excluding hydrogens is 291 g/mol. The van der Waals surface area contributed by atoms with E-state index in [4.69, 9.17) is 0 Å². The second-order valence-electron chi connectivity index (χ2n) is 6.48. The van der Waals surface area contributed by atoms with Crippen LogP contribution in [0.4, 0.5) is 10.1 Å². The van der Waals surface area contributed by atoms with Crippen LogP contribution in [0.2, 0.25) is 0 Å². The van der Waals surface area contributed by atoms with E-state index in [9.17, 15) is 9.18 Å². The minimum atomic E-state index is -0.310. The standard InChI is InChI=1S/C19H17FN2O/c1-19(2)11-18(23)22(13-19)17-9-8-16(21-12-17)7-6-14-4-3-5-15(20)10-14/h3-5,8-10,12H,11,13H2,1-2H3. The maximum absolute atomic E-state index is 13.1. The van der Waals surface area contributed by atoms with Crippen molar-refractivity contribution < 1.29 is 9.18 Å². The number of nitrogens with zero attached hydrogens (tertiary/aromatic N) is 2. The van der Waals surface area contributed by atoms with Crippen LogP contribution in [-0.2, 0) is 4.79 Å². The average molecular weight is 308 g/mol. The van der Waals surface area contributed by atoms with Gasteiger partial charge in [-0.25, -0.2) is 9.37 Å². The van der Waals surface area contributed by atoms with Gasteiger partial charge in [0, 0.05) is 18.5 Å². The van der Waals surface area contributed by atoms with Crippen molar-refractivity contribution in [3.63, 3.8) is 0 Å². The van der Waals surface area contributed by atoms with Gasteiger partial charge in [-0.15, -0.1) is 0 Å². The molecule has 0 aliphatic carbocycles. The molecule has 2 heterocycles. The number of benzene rings is 1. The third-order valence-corrected chi connectivity index (χ3v) is 3.74.